The Balaban J connectivity index is 0. The van der Waals surface area contributed by atoms with Crippen molar-refractivity contribution in [1.29, 1.82) is 0 Å². The Labute approximate surface area is 143 Å². The molecule has 0 fully saturated rings. The van der Waals surface area contributed by atoms with Crippen LogP contribution in [0, 0.1) is 0 Å². The number of ether oxygens (including phenoxy) is 1. The van der Waals surface area contributed by atoms with Gasteiger partial charge >= 0.3 is 35.8 Å². The van der Waals surface area contributed by atoms with Crippen molar-refractivity contribution in [3.8, 4) is 0 Å². The second-order valence-electron chi connectivity index (χ2n) is 5.01. The molecule has 0 saturated carbocycles. The van der Waals surface area contributed by atoms with Crippen LogP contribution in [0.25, 0.3) is 0 Å². The molecule has 14 nitrogen and oxygen atoms in total. The van der Waals surface area contributed by atoms with Gasteiger partial charge in [0.2, 0.25) is 0 Å². The summed E-state index contributed by atoms with van der Waals surface area (Å²) in [7, 11) is 0. The van der Waals surface area contributed by atoms with E-state index in [0.29, 0.717) is 0 Å². The van der Waals surface area contributed by atoms with E-state index in [1.165, 1.54) is 0 Å². The van der Waals surface area contributed by atoms with Gasteiger partial charge in [0.25, 0.3) is 0 Å². The molecular formula is C12H16O14. The van der Waals surface area contributed by atoms with E-state index in [4.69, 9.17) is 20.4 Å². The van der Waals surface area contributed by atoms with Gasteiger partial charge in [-0.15, -0.1) is 0 Å². The second-order valence-corrected chi connectivity index (χ2v) is 5.01. The first-order valence-corrected chi connectivity index (χ1v) is 6.30. The number of carboxylic acids is 4. The molecule has 0 rings (SSSR count). The normalized spacial score (nSPS) is 14.7. The number of aliphatic hydroxyl groups is 2. The van der Waals surface area contributed by atoms with Crippen molar-refractivity contribution in [3.63, 3.8) is 0 Å². The first-order valence-electron chi connectivity index (χ1n) is 6.30. The molecule has 0 aliphatic carbocycles. The van der Waals surface area contributed by atoms with Gasteiger partial charge in [-0.1, -0.05) is 0 Å². The number of carbonyl (C=O) groups excluding carboxylic acids is 2. The third kappa shape index (κ3) is 7.65. The maximum Gasteiger partial charge on any atom is 0.336 e. The summed E-state index contributed by atoms with van der Waals surface area (Å²) in [5, 5.41) is 53.6. The monoisotopic (exact) mass is 384 g/mol. The van der Waals surface area contributed by atoms with Crippen molar-refractivity contribution < 1.29 is 69.6 Å². The Bertz CT molecular complexity index is 557. The summed E-state index contributed by atoms with van der Waals surface area (Å²) in [5.74, 6) is -11.2. The Kier molecular flexibility index (Phi) is 9.09. The van der Waals surface area contributed by atoms with Gasteiger partial charge in [0.15, 0.2) is 11.2 Å². The topological polar surface area (TPSA) is 265 Å². The summed E-state index contributed by atoms with van der Waals surface area (Å²) in [6.45, 7) is 0. The maximum atomic E-state index is 11.4. The maximum absolute atomic E-state index is 11.4. The molecule has 0 spiro atoms. The standard InChI is InChI=1S/C12H14O13.H2O/c13-5(14)1-11(23,9(19)20)3-7(17)25-8(18)4-12(24,10(21)22)2-6(15)16;/h23-24H,1-4H2,(H,13,14)(H,15,16)(H,19,20)(H,21,22);1H2. The Morgan fingerprint density at radius 1 is 0.615 bits per heavy atom. The Morgan fingerprint density at radius 2 is 0.885 bits per heavy atom. The molecule has 0 aromatic rings. The lowest BCUT2D eigenvalue weighted by atomic mass is 9.95. The highest BCUT2D eigenvalue weighted by Gasteiger charge is 2.44. The van der Waals surface area contributed by atoms with Gasteiger partial charge in [-0.25, -0.2) is 9.59 Å². The molecule has 0 saturated heterocycles. The van der Waals surface area contributed by atoms with Crippen molar-refractivity contribution in [1.82, 2.24) is 0 Å². The van der Waals surface area contributed by atoms with Crippen LogP contribution in [0.3, 0.4) is 0 Å². The molecule has 2 atom stereocenters. The average molecular weight is 384 g/mol. The second kappa shape index (κ2) is 9.40. The van der Waals surface area contributed by atoms with Gasteiger partial charge in [0, 0.05) is 0 Å². The van der Waals surface area contributed by atoms with E-state index < -0.39 is 72.7 Å². The summed E-state index contributed by atoms with van der Waals surface area (Å²) >= 11 is 0. The molecule has 0 aliphatic rings. The molecule has 0 aromatic heterocycles. The molecule has 0 bridgehead atoms. The number of carbonyl (C=O) groups is 6. The molecule has 2 unspecified atom stereocenters. The van der Waals surface area contributed by atoms with Crippen molar-refractivity contribution in [2.24, 2.45) is 0 Å². The van der Waals surface area contributed by atoms with E-state index in [0.717, 1.165) is 0 Å². The van der Waals surface area contributed by atoms with Gasteiger partial charge in [0.1, 0.15) is 0 Å². The molecule has 14 heteroatoms. The van der Waals surface area contributed by atoms with Gasteiger partial charge in [-0.2, -0.15) is 0 Å². The molecule has 148 valence electrons. The number of carboxylic acid groups (broad SMARTS) is 4. The van der Waals surface area contributed by atoms with Crippen LogP contribution in [0.5, 0.6) is 0 Å². The lowest BCUT2D eigenvalue weighted by molar-refractivity contribution is -0.179. The van der Waals surface area contributed by atoms with Crippen molar-refractivity contribution in [3.05, 3.63) is 0 Å². The van der Waals surface area contributed by atoms with Crippen molar-refractivity contribution >= 4 is 35.8 Å². The molecule has 26 heavy (non-hydrogen) atoms. The van der Waals surface area contributed by atoms with Gasteiger partial charge in [0.05, 0.1) is 25.7 Å². The highest BCUT2D eigenvalue weighted by Crippen LogP contribution is 2.20. The van der Waals surface area contributed by atoms with Crippen LogP contribution in [0.4, 0.5) is 0 Å². The first-order chi connectivity index (χ1) is 11.2. The number of esters is 2. The molecule has 0 radical (unpaired) electrons. The van der Waals surface area contributed by atoms with Crippen LogP contribution >= 0.6 is 0 Å². The largest absolute Gasteiger partial charge is 0.481 e. The third-order valence-electron chi connectivity index (χ3n) is 2.78. The van der Waals surface area contributed by atoms with E-state index in [2.05, 4.69) is 4.74 Å². The highest BCUT2D eigenvalue weighted by molar-refractivity contribution is 5.94. The van der Waals surface area contributed by atoms with Gasteiger partial charge in [-0.3, -0.25) is 19.2 Å². The fraction of sp³-hybridized carbons (Fsp3) is 0.500. The van der Waals surface area contributed by atoms with E-state index in [1.54, 1.807) is 0 Å². The lowest BCUT2D eigenvalue weighted by Crippen LogP contribution is -2.45. The molecule has 0 aromatic carbocycles. The minimum absolute atomic E-state index is 0. The molecule has 0 amide bonds. The molecule has 0 aliphatic heterocycles. The van der Waals surface area contributed by atoms with Crippen LogP contribution < -0.4 is 0 Å². The third-order valence-corrected chi connectivity index (χ3v) is 2.78. The van der Waals surface area contributed by atoms with Gasteiger partial charge < -0.3 is 40.9 Å². The smallest absolute Gasteiger partial charge is 0.336 e. The summed E-state index contributed by atoms with van der Waals surface area (Å²) in [6.07, 6.45) is -5.73. The SMILES string of the molecule is O.O=C(O)CC(O)(CC(=O)OC(=O)CC(O)(CC(=O)O)C(=O)O)C(=O)O. The van der Waals surface area contributed by atoms with E-state index in [-0.39, 0.29) is 5.48 Å². The fourth-order valence-corrected chi connectivity index (χ4v) is 1.60. The molecular weight excluding hydrogens is 368 g/mol. The predicted octanol–water partition coefficient (Wildman–Crippen LogP) is -3.41. The zero-order valence-corrected chi connectivity index (χ0v) is 12.9. The quantitative estimate of drug-likeness (QED) is 0.158. The van der Waals surface area contributed by atoms with Gasteiger partial charge in [-0.05, 0) is 0 Å². The van der Waals surface area contributed by atoms with Crippen LogP contribution in [-0.4, -0.2) is 83.1 Å². The summed E-state index contributed by atoms with van der Waals surface area (Å²) in [5.41, 5.74) is -6.18. The molecule has 0 heterocycles. The predicted molar refractivity (Wildman–Crippen MR) is 73.6 cm³/mol. The van der Waals surface area contributed by atoms with E-state index >= 15 is 0 Å². The first kappa shape index (κ1) is 25.1. The van der Waals surface area contributed by atoms with Crippen LogP contribution in [0.2, 0.25) is 0 Å². The fourth-order valence-electron chi connectivity index (χ4n) is 1.60. The summed E-state index contributed by atoms with van der Waals surface area (Å²) in [6, 6.07) is 0. The highest BCUT2D eigenvalue weighted by atomic mass is 16.6. The molecule has 8 N–H and O–H groups in total. The number of aliphatic carboxylic acids is 4. The lowest BCUT2D eigenvalue weighted by Gasteiger charge is -2.21. The van der Waals surface area contributed by atoms with E-state index in [9.17, 15) is 39.0 Å². The number of hydrogen-bond donors (Lipinski definition) is 6. The van der Waals surface area contributed by atoms with Crippen molar-refractivity contribution in [2.45, 2.75) is 36.9 Å². The van der Waals surface area contributed by atoms with Crippen LogP contribution in [-0.2, 0) is 33.5 Å². The van der Waals surface area contributed by atoms with Crippen LogP contribution in [0.1, 0.15) is 25.7 Å². The van der Waals surface area contributed by atoms with Crippen molar-refractivity contribution in [2.75, 3.05) is 0 Å². The summed E-state index contributed by atoms with van der Waals surface area (Å²) < 4.78 is 3.99. The van der Waals surface area contributed by atoms with E-state index in [1.807, 2.05) is 0 Å². The van der Waals surface area contributed by atoms with Crippen LogP contribution in [0.15, 0.2) is 0 Å². The Morgan fingerprint density at radius 3 is 1.08 bits per heavy atom. The minimum Gasteiger partial charge on any atom is -0.481 e. The summed E-state index contributed by atoms with van der Waals surface area (Å²) in [4.78, 5) is 65.5. The zero-order chi connectivity index (χ0) is 20.0. The minimum atomic E-state index is -3.09. The Hall–Kier alpha value is -3.10. The number of rotatable bonds is 10. The zero-order valence-electron chi connectivity index (χ0n) is 12.9. The number of hydrogen-bond acceptors (Lipinski definition) is 9. The average Bonchev–Trinajstić information content (AvgIpc) is 2.34.